The Hall–Kier alpha value is -3.22. The summed E-state index contributed by atoms with van der Waals surface area (Å²) in [5, 5.41) is 10.9. The van der Waals surface area contributed by atoms with Gasteiger partial charge in [0.2, 0.25) is 0 Å². The quantitative estimate of drug-likeness (QED) is 0.474. The molecule has 0 aliphatic carbocycles. The summed E-state index contributed by atoms with van der Waals surface area (Å²) in [6, 6.07) is 11.0. The summed E-state index contributed by atoms with van der Waals surface area (Å²) in [5.74, 6) is 0.286. The Bertz CT molecular complexity index is 817. The first-order valence-electron chi connectivity index (χ1n) is 7.84. The summed E-state index contributed by atoms with van der Waals surface area (Å²) in [4.78, 5) is 35.2. The van der Waals surface area contributed by atoms with Crippen LogP contribution in [-0.2, 0) is 11.2 Å². The highest BCUT2D eigenvalue weighted by Gasteiger charge is 2.24. The van der Waals surface area contributed by atoms with Gasteiger partial charge in [0, 0.05) is 29.9 Å². The zero-order valence-corrected chi connectivity index (χ0v) is 13.4. The molecule has 0 unspecified atom stereocenters. The zero-order chi connectivity index (χ0) is 17.8. The number of ether oxygens (including phenoxy) is 1. The Morgan fingerprint density at radius 2 is 2.00 bits per heavy atom. The molecule has 1 heterocycles. The number of carbonyl (C=O) groups is 2. The second-order valence-electron chi connectivity index (χ2n) is 5.69. The van der Waals surface area contributed by atoms with Crippen LogP contribution in [0.3, 0.4) is 0 Å². The largest absolute Gasteiger partial charge is 0.484 e. The van der Waals surface area contributed by atoms with Gasteiger partial charge in [-0.3, -0.25) is 19.7 Å². The molecule has 0 spiro atoms. The molecule has 0 radical (unpaired) electrons. The number of nitro groups is 1. The van der Waals surface area contributed by atoms with E-state index < -0.39 is 4.92 Å². The van der Waals surface area contributed by atoms with Crippen molar-refractivity contribution in [1.29, 1.82) is 0 Å². The van der Waals surface area contributed by atoms with Gasteiger partial charge in [-0.1, -0.05) is 0 Å². The second kappa shape index (κ2) is 7.12. The maximum Gasteiger partial charge on any atom is 0.269 e. The molecule has 0 aromatic heterocycles. The van der Waals surface area contributed by atoms with Gasteiger partial charge in [0.25, 0.3) is 11.6 Å². The Morgan fingerprint density at radius 1 is 1.24 bits per heavy atom. The maximum atomic E-state index is 12.5. The number of rotatable bonds is 5. The highest BCUT2D eigenvalue weighted by atomic mass is 16.6. The van der Waals surface area contributed by atoms with Gasteiger partial charge in [0.05, 0.1) is 4.92 Å². The zero-order valence-electron chi connectivity index (χ0n) is 13.4. The first kappa shape index (κ1) is 16.6. The molecule has 0 atom stereocenters. The highest BCUT2D eigenvalue weighted by Crippen LogP contribution is 2.30. The Labute approximate surface area is 144 Å². The van der Waals surface area contributed by atoms with Gasteiger partial charge in [-0.15, -0.1) is 0 Å². The molecular formula is C18H16N2O5. The van der Waals surface area contributed by atoms with Crippen LogP contribution in [-0.4, -0.2) is 30.3 Å². The number of anilines is 1. The Kier molecular flexibility index (Phi) is 4.74. The van der Waals surface area contributed by atoms with Crippen LogP contribution in [0.1, 0.15) is 22.3 Å². The molecular weight excluding hydrogens is 324 g/mol. The number of amides is 1. The summed E-state index contributed by atoms with van der Waals surface area (Å²) >= 11 is 0. The van der Waals surface area contributed by atoms with Crippen LogP contribution in [0.2, 0.25) is 0 Å². The fourth-order valence-corrected chi connectivity index (χ4v) is 2.82. The molecule has 2 aromatic carbocycles. The summed E-state index contributed by atoms with van der Waals surface area (Å²) < 4.78 is 5.48. The normalized spacial score (nSPS) is 13.0. The molecule has 128 valence electrons. The Balaban J connectivity index is 1.70. The van der Waals surface area contributed by atoms with E-state index >= 15 is 0 Å². The van der Waals surface area contributed by atoms with E-state index in [-0.39, 0.29) is 18.2 Å². The van der Waals surface area contributed by atoms with E-state index in [1.165, 1.54) is 12.1 Å². The van der Waals surface area contributed by atoms with Crippen LogP contribution in [0, 0.1) is 10.1 Å². The second-order valence-corrected chi connectivity index (χ2v) is 5.69. The van der Waals surface area contributed by atoms with Crippen molar-refractivity contribution in [3.8, 4) is 5.75 Å². The number of aldehydes is 1. The number of benzene rings is 2. The molecule has 7 nitrogen and oxygen atoms in total. The van der Waals surface area contributed by atoms with Crippen molar-refractivity contribution in [3.05, 3.63) is 63.7 Å². The molecule has 0 bridgehead atoms. The molecule has 1 amide bonds. The monoisotopic (exact) mass is 340 g/mol. The molecule has 0 N–H and O–H groups in total. The van der Waals surface area contributed by atoms with E-state index in [4.69, 9.17) is 4.74 Å². The fraction of sp³-hybridized carbons (Fsp3) is 0.222. The number of aryl methyl sites for hydroxylation is 1. The lowest BCUT2D eigenvalue weighted by molar-refractivity contribution is -0.384. The van der Waals surface area contributed by atoms with Crippen molar-refractivity contribution in [2.45, 2.75) is 12.8 Å². The molecule has 2 aromatic rings. The number of nitrogens with zero attached hydrogens (tertiary/aromatic N) is 2. The standard InChI is InChI=1S/C18H16N2O5/c21-11-13-3-6-16(7-4-13)25-12-18(22)19-9-1-2-14-10-15(20(23)24)5-8-17(14)19/h3-8,10-11H,1-2,9,12H2. The van der Waals surface area contributed by atoms with Crippen LogP contribution in [0.15, 0.2) is 42.5 Å². The number of hydrogen-bond donors (Lipinski definition) is 0. The van der Waals surface area contributed by atoms with E-state index in [1.54, 1.807) is 35.2 Å². The summed E-state index contributed by atoms with van der Waals surface area (Å²) in [5.41, 5.74) is 2.05. The van der Waals surface area contributed by atoms with E-state index in [1.807, 2.05) is 0 Å². The van der Waals surface area contributed by atoms with Crippen molar-refractivity contribution < 1.29 is 19.2 Å². The first-order valence-corrected chi connectivity index (χ1v) is 7.84. The average Bonchev–Trinajstić information content (AvgIpc) is 2.65. The third-order valence-electron chi connectivity index (χ3n) is 4.07. The SMILES string of the molecule is O=Cc1ccc(OCC(=O)N2CCCc3cc([N+](=O)[O-])ccc32)cc1. The summed E-state index contributed by atoms with van der Waals surface area (Å²) in [6.07, 6.45) is 2.18. The highest BCUT2D eigenvalue weighted by molar-refractivity contribution is 5.95. The number of non-ortho nitro benzene ring substituents is 1. The topological polar surface area (TPSA) is 89.8 Å². The van der Waals surface area contributed by atoms with Crippen molar-refractivity contribution >= 4 is 23.6 Å². The lowest BCUT2D eigenvalue weighted by atomic mass is 10.0. The van der Waals surface area contributed by atoms with E-state index in [0.717, 1.165) is 18.3 Å². The number of hydrogen-bond acceptors (Lipinski definition) is 5. The molecule has 0 saturated carbocycles. The van der Waals surface area contributed by atoms with Gasteiger partial charge >= 0.3 is 0 Å². The van der Waals surface area contributed by atoms with E-state index in [9.17, 15) is 19.7 Å². The third-order valence-corrected chi connectivity index (χ3v) is 4.07. The third kappa shape index (κ3) is 3.65. The lowest BCUT2D eigenvalue weighted by Gasteiger charge is -2.29. The average molecular weight is 340 g/mol. The van der Waals surface area contributed by atoms with Gasteiger partial charge in [-0.05, 0) is 48.7 Å². The molecule has 1 aliphatic rings. The van der Waals surface area contributed by atoms with Gasteiger partial charge in [0.15, 0.2) is 6.61 Å². The van der Waals surface area contributed by atoms with Crippen LogP contribution >= 0.6 is 0 Å². The van der Waals surface area contributed by atoms with Crippen molar-refractivity contribution in [3.63, 3.8) is 0 Å². The number of carbonyl (C=O) groups excluding carboxylic acids is 2. The van der Waals surface area contributed by atoms with Crippen molar-refractivity contribution in [1.82, 2.24) is 0 Å². The molecule has 7 heteroatoms. The van der Waals surface area contributed by atoms with Crippen LogP contribution in [0.5, 0.6) is 5.75 Å². The molecule has 0 fully saturated rings. The Morgan fingerprint density at radius 3 is 2.68 bits per heavy atom. The minimum Gasteiger partial charge on any atom is -0.484 e. The van der Waals surface area contributed by atoms with E-state index in [2.05, 4.69) is 0 Å². The lowest BCUT2D eigenvalue weighted by Crippen LogP contribution is -2.38. The van der Waals surface area contributed by atoms with E-state index in [0.29, 0.717) is 30.0 Å². The fourth-order valence-electron chi connectivity index (χ4n) is 2.82. The van der Waals surface area contributed by atoms with Crippen LogP contribution in [0.25, 0.3) is 0 Å². The van der Waals surface area contributed by atoms with Gasteiger partial charge < -0.3 is 9.64 Å². The van der Waals surface area contributed by atoms with Crippen LogP contribution in [0.4, 0.5) is 11.4 Å². The minimum absolute atomic E-state index is 0.0274. The van der Waals surface area contributed by atoms with Crippen LogP contribution < -0.4 is 9.64 Å². The summed E-state index contributed by atoms with van der Waals surface area (Å²) in [7, 11) is 0. The summed E-state index contributed by atoms with van der Waals surface area (Å²) in [6.45, 7) is 0.411. The molecule has 25 heavy (non-hydrogen) atoms. The molecule has 3 rings (SSSR count). The predicted molar refractivity (Wildman–Crippen MR) is 91.1 cm³/mol. The van der Waals surface area contributed by atoms with Gasteiger partial charge in [0.1, 0.15) is 12.0 Å². The maximum absolute atomic E-state index is 12.5. The van der Waals surface area contributed by atoms with Crippen molar-refractivity contribution in [2.75, 3.05) is 18.1 Å². The first-order chi connectivity index (χ1) is 12.1. The minimum atomic E-state index is -0.437. The molecule has 1 aliphatic heterocycles. The smallest absolute Gasteiger partial charge is 0.269 e. The molecule has 0 saturated heterocycles. The van der Waals surface area contributed by atoms with Crippen molar-refractivity contribution in [2.24, 2.45) is 0 Å². The van der Waals surface area contributed by atoms with Gasteiger partial charge in [-0.25, -0.2) is 0 Å². The number of nitro benzene ring substituents is 1. The predicted octanol–water partition coefficient (Wildman–Crippen LogP) is 2.77. The number of fused-ring (bicyclic) bond motifs is 1. The van der Waals surface area contributed by atoms with Gasteiger partial charge in [-0.2, -0.15) is 0 Å².